The Hall–Kier alpha value is -1.61. The summed E-state index contributed by atoms with van der Waals surface area (Å²) in [5.41, 5.74) is 2.17. The fourth-order valence-corrected chi connectivity index (χ4v) is 1.42. The number of pyridine rings is 1. The van der Waals surface area contributed by atoms with E-state index in [1.807, 2.05) is 13.0 Å². The molecule has 0 saturated carbocycles. The predicted octanol–water partition coefficient (Wildman–Crippen LogP) is 2.66. The maximum atomic E-state index is 10.7. The van der Waals surface area contributed by atoms with Gasteiger partial charge in [0.15, 0.2) is 0 Å². The van der Waals surface area contributed by atoms with Gasteiger partial charge in [-0.2, -0.15) is 0 Å². The smallest absolute Gasteiger partial charge is 0.335 e. The van der Waals surface area contributed by atoms with Crippen molar-refractivity contribution in [1.29, 1.82) is 0 Å². The van der Waals surface area contributed by atoms with Crippen LogP contribution in [-0.4, -0.2) is 16.1 Å². The minimum absolute atomic E-state index is 0. The van der Waals surface area contributed by atoms with E-state index < -0.39 is 5.97 Å². The summed E-state index contributed by atoms with van der Waals surface area (Å²) in [7, 11) is 0. The third-order valence-corrected chi connectivity index (χ3v) is 2.21. The predicted molar refractivity (Wildman–Crippen MR) is 60.7 cm³/mol. The highest BCUT2D eigenvalue weighted by Gasteiger charge is 2.04. The Bertz CT molecular complexity index is 511. The molecule has 1 N–H and O–H groups in total. The second kappa shape index (κ2) is 4.28. The van der Waals surface area contributed by atoms with Crippen LogP contribution in [0.4, 0.5) is 0 Å². The van der Waals surface area contributed by atoms with Crippen molar-refractivity contribution in [2.24, 2.45) is 0 Å². The van der Waals surface area contributed by atoms with Crippen molar-refractivity contribution in [2.45, 2.75) is 6.92 Å². The van der Waals surface area contributed by atoms with Gasteiger partial charge in [0.1, 0.15) is 0 Å². The molecule has 1 heterocycles. The van der Waals surface area contributed by atoms with Gasteiger partial charge in [-0.3, -0.25) is 4.98 Å². The molecule has 0 fully saturated rings. The molecule has 78 valence electrons. The lowest BCUT2D eigenvalue weighted by atomic mass is 10.1. The molecule has 0 aliphatic rings. The van der Waals surface area contributed by atoms with E-state index >= 15 is 0 Å². The second-order valence-electron chi connectivity index (χ2n) is 3.16. The maximum absolute atomic E-state index is 10.7. The van der Waals surface area contributed by atoms with Crippen LogP contribution in [0.1, 0.15) is 15.9 Å². The second-order valence-corrected chi connectivity index (χ2v) is 3.16. The van der Waals surface area contributed by atoms with Gasteiger partial charge < -0.3 is 5.11 Å². The summed E-state index contributed by atoms with van der Waals surface area (Å²) in [5.74, 6) is -0.907. The minimum atomic E-state index is -0.907. The molecule has 3 nitrogen and oxygen atoms in total. The van der Waals surface area contributed by atoms with E-state index in [2.05, 4.69) is 4.98 Å². The van der Waals surface area contributed by atoms with E-state index in [1.165, 1.54) is 0 Å². The number of aromatic carboxylic acids is 1. The van der Waals surface area contributed by atoms with Crippen molar-refractivity contribution in [1.82, 2.24) is 4.98 Å². The van der Waals surface area contributed by atoms with Gasteiger partial charge in [-0.05, 0) is 36.8 Å². The number of fused-ring (bicyclic) bond motifs is 1. The zero-order valence-corrected chi connectivity index (χ0v) is 8.91. The van der Waals surface area contributed by atoms with Gasteiger partial charge in [0.05, 0.1) is 11.1 Å². The van der Waals surface area contributed by atoms with E-state index in [4.69, 9.17) is 5.11 Å². The van der Waals surface area contributed by atoms with Crippen molar-refractivity contribution < 1.29 is 9.90 Å². The lowest BCUT2D eigenvalue weighted by Gasteiger charge is -2.01. The number of carboxylic acid groups (broad SMARTS) is 1. The van der Waals surface area contributed by atoms with Crippen LogP contribution in [0.5, 0.6) is 0 Å². The Kier molecular flexibility index (Phi) is 3.27. The molecule has 0 amide bonds. The largest absolute Gasteiger partial charge is 0.478 e. The maximum Gasteiger partial charge on any atom is 0.335 e. The molecule has 2 rings (SSSR count). The van der Waals surface area contributed by atoms with E-state index in [0.717, 1.165) is 16.5 Å². The number of benzene rings is 1. The fraction of sp³-hybridized carbons (Fsp3) is 0.0909. The van der Waals surface area contributed by atoms with Crippen LogP contribution in [0.25, 0.3) is 10.9 Å². The molecule has 0 spiro atoms. The highest BCUT2D eigenvalue weighted by molar-refractivity contribution is 5.94. The van der Waals surface area contributed by atoms with Crippen LogP contribution in [0.15, 0.2) is 30.5 Å². The van der Waals surface area contributed by atoms with E-state index in [1.54, 1.807) is 24.4 Å². The molecule has 4 heteroatoms. The van der Waals surface area contributed by atoms with Crippen molar-refractivity contribution in [3.63, 3.8) is 0 Å². The Labute approximate surface area is 93.2 Å². The van der Waals surface area contributed by atoms with Crippen molar-refractivity contribution in [3.05, 3.63) is 41.6 Å². The van der Waals surface area contributed by atoms with E-state index in [9.17, 15) is 4.79 Å². The molecule has 0 atom stereocenters. The number of hydrogen-bond acceptors (Lipinski definition) is 2. The van der Waals surface area contributed by atoms with Crippen molar-refractivity contribution >= 4 is 29.3 Å². The van der Waals surface area contributed by atoms with Crippen LogP contribution in [0.2, 0.25) is 0 Å². The monoisotopic (exact) mass is 223 g/mol. The molecular weight excluding hydrogens is 214 g/mol. The topological polar surface area (TPSA) is 50.2 Å². The summed E-state index contributed by atoms with van der Waals surface area (Å²) in [6.45, 7) is 1.94. The number of aromatic nitrogens is 1. The standard InChI is InChI=1S/C11H9NO2.ClH/c1-7-4-5-12-10-3-2-8(11(13)14)6-9(7)10;/h2-6H,1H3,(H,13,14);1H. The Balaban J connectivity index is 0.00000112. The molecule has 1 aromatic carbocycles. The molecule has 0 unspecified atom stereocenters. The lowest BCUT2D eigenvalue weighted by Crippen LogP contribution is -1.96. The van der Waals surface area contributed by atoms with Gasteiger partial charge in [-0.15, -0.1) is 12.4 Å². The van der Waals surface area contributed by atoms with Gasteiger partial charge in [0.2, 0.25) is 0 Å². The normalized spacial score (nSPS) is 9.67. The Morgan fingerprint density at radius 2 is 2.07 bits per heavy atom. The highest BCUT2D eigenvalue weighted by Crippen LogP contribution is 2.17. The van der Waals surface area contributed by atoms with E-state index in [-0.39, 0.29) is 12.4 Å². The first-order chi connectivity index (χ1) is 6.68. The van der Waals surface area contributed by atoms with Crippen LogP contribution in [0, 0.1) is 6.92 Å². The number of aryl methyl sites for hydroxylation is 1. The number of rotatable bonds is 1. The van der Waals surface area contributed by atoms with Crippen LogP contribution >= 0.6 is 12.4 Å². The molecule has 2 aromatic rings. The van der Waals surface area contributed by atoms with Gasteiger partial charge in [-0.1, -0.05) is 0 Å². The SMILES string of the molecule is Cc1ccnc2ccc(C(=O)O)cc12.Cl. The molecule has 0 radical (unpaired) electrons. The summed E-state index contributed by atoms with van der Waals surface area (Å²) in [6.07, 6.45) is 1.72. The lowest BCUT2D eigenvalue weighted by molar-refractivity contribution is 0.0697. The van der Waals surface area contributed by atoms with Crippen LogP contribution in [0.3, 0.4) is 0 Å². The zero-order valence-electron chi connectivity index (χ0n) is 8.10. The number of carbonyl (C=O) groups is 1. The van der Waals surface area contributed by atoms with Gasteiger partial charge in [0, 0.05) is 11.6 Å². The zero-order chi connectivity index (χ0) is 10.1. The van der Waals surface area contributed by atoms with Crippen LogP contribution < -0.4 is 0 Å². The summed E-state index contributed by atoms with van der Waals surface area (Å²) in [6, 6.07) is 6.82. The molecule has 0 aliphatic heterocycles. The molecule has 15 heavy (non-hydrogen) atoms. The summed E-state index contributed by atoms with van der Waals surface area (Å²) < 4.78 is 0. The number of carboxylic acids is 1. The molecule has 0 saturated heterocycles. The van der Waals surface area contributed by atoms with Gasteiger partial charge >= 0.3 is 5.97 Å². The minimum Gasteiger partial charge on any atom is -0.478 e. The van der Waals surface area contributed by atoms with Gasteiger partial charge in [0.25, 0.3) is 0 Å². The summed E-state index contributed by atoms with van der Waals surface area (Å²) in [5, 5.41) is 9.71. The average molecular weight is 224 g/mol. The fourth-order valence-electron chi connectivity index (χ4n) is 1.42. The molecular formula is C11H10ClNO2. The van der Waals surface area contributed by atoms with Crippen LogP contribution in [-0.2, 0) is 0 Å². The first-order valence-electron chi connectivity index (χ1n) is 4.27. The number of halogens is 1. The Morgan fingerprint density at radius 3 is 2.73 bits per heavy atom. The first-order valence-corrected chi connectivity index (χ1v) is 4.27. The average Bonchev–Trinajstić information content (AvgIpc) is 2.18. The number of hydrogen-bond donors (Lipinski definition) is 1. The molecule has 0 bridgehead atoms. The third-order valence-electron chi connectivity index (χ3n) is 2.21. The Morgan fingerprint density at radius 1 is 1.33 bits per heavy atom. The van der Waals surface area contributed by atoms with E-state index in [0.29, 0.717) is 5.56 Å². The van der Waals surface area contributed by atoms with Crippen molar-refractivity contribution in [3.8, 4) is 0 Å². The molecule has 1 aromatic heterocycles. The summed E-state index contributed by atoms with van der Waals surface area (Å²) >= 11 is 0. The van der Waals surface area contributed by atoms with Gasteiger partial charge in [-0.25, -0.2) is 4.79 Å². The summed E-state index contributed by atoms with van der Waals surface area (Å²) in [4.78, 5) is 14.9. The number of nitrogens with zero attached hydrogens (tertiary/aromatic N) is 1. The first kappa shape index (κ1) is 11.5. The molecule has 0 aliphatic carbocycles. The highest BCUT2D eigenvalue weighted by atomic mass is 35.5. The third kappa shape index (κ3) is 2.07. The quantitative estimate of drug-likeness (QED) is 0.809. The van der Waals surface area contributed by atoms with Crippen molar-refractivity contribution in [2.75, 3.05) is 0 Å².